The lowest BCUT2D eigenvalue weighted by atomic mass is 10.0. The van der Waals surface area contributed by atoms with E-state index in [-0.39, 0.29) is 0 Å². The van der Waals surface area contributed by atoms with Crippen molar-refractivity contribution in [1.29, 1.82) is 0 Å². The predicted molar refractivity (Wildman–Crippen MR) is 82.3 cm³/mol. The van der Waals surface area contributed by atoms with Gasteiger partial charge in [-0.3, -0.25) is 14.4 Å². The maximum atomic E-state index is 10.9. The Labute approximate surface area is 125 Å². The van der Waals surface area contributed by atoms with Crippen molar-refractivity contribution in [3.05, 3.63) is 53.3 Å². The predicted octanol–water partition coefficient (Wildman–Crippen LogP) is 2.84. The van der Waals surface area contributed by atoms with Gasteiger partial charge in [0, 0.05) is 25.3 Å². The minimum absolute atomic E-state index is 0.422. The van der Waals surface area contributed by atoms with Crippen LogP contribution < -0.4 is 0 Å². The van der Waals surface area contributed by atoms with Crippen molar-refractivity contribution in [1.82, 2.24) is 14.7 Å². The highest BCUT2D eigenvalue weighted by atomic mass is 16.1. The van der Waals surface area contributed by atoms with Crippen LogP contribution in [0.25, 0.3) is 0 Å². The van der Waals surface area contributed by atoms with Gasteiger partial charge in [-0.05, 0) is 25.3 Å². The quantitative estimate of drug-likeness (QED) is 0.810. The van der Waals surface area contributed by atoms with Crippen LogP contribution >= 0.6 is 0 Å². The Bertz CT molecular complexity index is 598. The normalized spacial score (nSPS) is 17.0. The van der Waals surface area contributed by atoms with Crippen molar-refractivity contribution in [3.8, 4) is 0 Å². The molecule has 0 unspecified atom stereocenters. The first-order chi connectivity index (χ1) is 10.3. The van der Waals surface area contributed by atoms with Gasteiger partial charge in [-0.2, -0.15) is 5.10 Å². The Morgan fingerprint density at radius 3 is 2.57 bits per heavy atom. The van der Waals surface area contributed by atoms with Crippen molar-refractivity contribution < 1.29 is 4.79 Å². The van der Waals surface area contributed by atoms with E-state index in [9.17, 15) is 4.79 Å². The van der Waals surface area contributed by atoms with Crippen LogP contribution in [0.15, 0.2) is 36.5 Å². The van der Waals surface area contributed by atoms with Gasteiger partial charge in [0.25, 0.3) is 0 Å². The lowest BCUT2D eigenvalue weighted by Crippen LogP contribution is -2.34. The highest BCUT2D eigenvalue weighted by molar-refractivity contribution is 5.75. The number of rotatable bonds is 4. The van der Waals surface area contributed by atoms with E-state index in [1.165, 1.54) is 5.56 Å². The summed E-state index contributed by atoms with van der Waals surface area (Å²) in [5, 5.41) is 4.39. The summed E-state index contributed by atoms with van der Waals surface area (Å²) >= 11 is 0. The molecule has 2 aromatic rings. The summed E-state index contributed by atoms with van der Waals surface area (Å²) < 4.78 is 2.03. The molecule has 0 saturated carbocycles. The molecule has 1 aliphatic rings. The second kappa shape index (κ2) is 6.22. The molecule has 1 aliphatic heterocycles. The Morgan fingerprint density at radius 1 is 1.24 bits per heavy atom. The van der Waals surface area contributed by atoms with Crippen LogP contribution in [-0.2, 0) is 6.54 Å². The summed E-state index contributed by atoms with van der Waals surface area (Å²) in [5.74, 6) is 0. The molecule has 3 rings (SSSR count). The molecule has 0 N–H and O–H groups in total. The first kappa shape index (κ1) is 14.0. The van der Waals surface area contributed by atoms with Gasteiger partial charge in [-0.25, -0.2) is 0 Å². The fourth-order valence-corrected chi connectivity index (χ4v) is 3.08. The maximum absolute atomic E-state index is 10.9. The number of hydrogen-bond acceptors (Lipinski definition) is 3. The zero-order chi connectivity index (χ0) is 14.7. The smallest absolute Gasteiger partial charge is 0.153 e. The highest BCUT2D eigenvalue weighted by Gasteiger charge is 2.22. The lowest BCUT2D eigenvalue weighted by molar-refractivity contribution is 0.112. The minimum atomic E-state index is 0.422. The van der Waals surface area contributed by atoms with Crippen LogP contribution in [0.1, 0.15) is 40.5 Å². The van der Waals surface area contributed by atoms with Crippen LogP contribution in [0.3, 0.4) is 0 Å². The molecule has 21 heavy (non-hydrogen) atoms. The number of aldehydes is 1. The van der Waals surface area contributed by atoms with E-state index in [4.69, 9.17) is 0 Å². The summed E-state index contributed by atoms with van der Waals surface area (Å²) in [4.78, 5) is 13.4. The van der Waals surface area contributed by atoms with E-state index in [1.807, 2.05) is 11.6 Å². The van der Waals surface area contributed by atoms with Crippen molar-refractivity contribution in [2.24, 2.45) is 0 Å². The van der Waals surface area contributed by atoms with E-state index < -0.39 is 0 Å². The molecule has 0 amide bonds. The average Bonchev–Trinajstić information content (AvgIpc) is 2.90. The van der Waals surface area contributed by atoms with Gasteiger partial charge in [-0.15, -0.1) is 0 Å². The van der Waals surface area contributed by atoms with Crippen LogP contribution in [0.5, 0.6) is 0 Å². The van der Waals surface area contributed by atoms with E-state index in [2.05, 4.69) is 40.3 Å². The second-order valence-corrected chi connectivity index (χ2v) is 5.74. The van der Waals surface area contributed by atoms with E-state index in [0.29, 0.717) is 11.6 Å². The average molecular weight is 283 g/mol. The summed E-state index contributed by atoms with van der Waals surface area (Å²) in [6.45, 7) is 5.16. The number of piperidine rings is 1. The van der Waals surface area contributed by atoms with Gasteiger partial charge in [0.15, 0.2) is 6.29 Å². The molecule has 1 aromatic carbocycles. The molecular formula is C17H21N3O. The molecule has 0 aliphatic carbocycles. The first-order valence-electron chi connectivity index (χ1n) is 7.53. The third-order valence-corrected chi connectivity index (χ3v) is 4.36. The Kier molecular flexibility index (Phi) is 4.15. The standard InChI is InChI=1S/C17H21N3O/c1-14-16(13-21)11-18-20(14)17-7-9-19(10-8-17)12-15-5-3-2-4-6-15/h2-6,11,13,17H,7-10,12H2,1H3. The molecular weight excluding hydrogens is 262 g/mol. The Hall–Kier alpha value is -1.94. The van der Waals surface area contributed by atoms with Gasteiger partial charge < -0.3 is 0 Å². The van der Waals surface area contributed by atoms with Crippen LogP contribution in [0, 0.1) is 6.92 Å². The third-order valence-electron chi connectivity index (χ3n) is 4.36. The van der Waals surface area contributed by atoms with Crippen molar-refractivity contribution in [2.45, 2.75) is 32.4 Å². The number of hydrogen-bond donors (Lipinski definition) is 0. The molecule has 110 valence electrons. The number of carbonyl (C=O) groups is 1. The van der Waals surface area contributed by atoms with Gasteiger partial charge >= 0.3 is 0 Å². The fraction of sp³-hybridized carbons (Fsp3) is 0.412. The number of carbonyl (C=O) groups excluding carboxylic acids is 1. The Morgan fingerprint density at radius 2 is 1.95 bits per heavy atom. The SMILES string of the molecule is Cc1c(C=O)cnn1C1CCN(Cc2ccccc2)CC1. The summed E-state index contributed by atoms with van der Waals surface area (Å²) in [6, 6.07) is 11.0. The molecule has 0 bridgehead atoms. The van der Waals surface area contributed by atoms with Crippen molar-refractivity contribution >= 4 is 6.29 Å². The lowest BCUT2D eigenvalue weighted by Gasteiger charge is -2.32. The van der Waals surface area contributed by atoms with Crippen molar-refractivity contribution in [2.75, 3.05) is 13.1 Å². The molecule has 1 aromatic heterocycles. The Balaban J connectivity index is 1.60. The minimum Gasteiger partial charge on any atom is -0.299 e. The van der Waals surface area contributed by atoms with Crippen LogP contribution in [-0.4, -0.2) is 34.1 Å². The monoisotopic (exact) mass is 283 g/mol. The van der Waals surface area contributed by atoms with Gasteiger partial charge in [0.05, 0.1) is 17.8 Å². The molecule has 0 spiro atoms. The molecule has 2 heterocycles. The summed E-state index contributed by atoms with van der Waals surface area (Å²) in [5.41, 5.74) is 3.07. The van der Waals surface area contributed by atoms with Gasteiger partial charge in [-0.1, -0.05) is 30.3 Å². The van der Waals surface area contributed by atoms with Gasteiger partial charge in [0.2, 0.25) is 0 Å². The summed E-state index contributed by atoms with van der Waals surface area (Å²) in [6.07, 6.45) is 4.75. The number of nitrogens with zero attached hydrogens (tertiary/aromatic N) is 3. The molecule has 0 atom stereocenters. The maximum Gasteiger partial charge on any atom is 0.153 e. The molecule has 4 heteroatoms. The zero-order valence-corrected chi connectivity index (χ0v) is 12.4. The highest BCUT2D eigenvalue weighted by Crippen LogP contribution is 2.25. The van der Waals surface area contributed by atoms with Crippen molar-refractivity contribution in [3.63, 3.8) is 0 Å². The fourth-order valence-electron chi connectivity index (χ4n) is 3.08. The van der Waals surface area contributed by atoms with E-state index >= 15 is 0 Å². The van der Waals surface area contributed by atoms with Crippen LogP contribution in [0.4, 0.5) is 0 Å². The zero-order valence-electron chi connectivity index (χ0n) is 12.4. The number of benzene rings is 1. The number of aromatic nitrogens is 2. The topological polar surface area (TPSA) is 38.1 Å². The largest absolute Gasteiger partial charge is 0.299 e. The molecule has 1 saturated heterocycles. The van der Waals surface area contributed by atoms with E-state index in [0.717, 1.165) is 44.5 Å². The second-order valence-electron chi connectivity index (χ2n) is 5.74. The first-order valence-corrected chi connectivity index (χ1v) is 7.53. The van der Waals surface area contributed by atoms with Crippen LogP contribution in [0.2, 0.25) is 0 Å². The van der Waals surface area contributed by atoms with Gasteiger partial charge in [0.1, 0.15) is 0 Å². The number of likely N-dealkylation sites (tertiary alicyclic amines) is 1. The van der Waals surface area contributed by atoms with E-state index in [1.54, 1.807) is 6.20 Å². The third kappa shape index (κ3) is 3.05. The summed E-state index contributed by atoms with van der Waals surface area (Å²) in [7, 11) is 0. The molecule has 1 fully saturated rings. The molecule has 0 radical (unpaired) electrons. The molecule has 4 nitrogen and oxygen atoms in total.